The second kappa shape index (κ2) is 6.24. The van der Waals surface area contributed by atoms with E-state index in [1.807, 2.05) is 44.7 Å². The SMILES string of the molecule is CC(C)Oc1cc(C(=O)N2C[C@H](C)O[C@@H](C)C2)cc2occc12. The van der Waals surface area contributed by atoms with E-state index in [0.717, 1.165) is 5.39 Å². The minimum Gasteiger partial charge on any atom is -0.490 e. The van der Waals surface area contributed by atoms with E-state index in [9.17, 15) is 4.79 Å². The van der Waals surface area contributed by atoms with Crippen molar-refractivity contribution >= 4 is 16.9 Å². The normalized spacial score (nSPS) is 21.9. The fourth-order valence-electron chi connectivity index (χ4n) is 3.04. The molecule has 2 heterocycles. The zero-order valence-electron chi connectivity index (χ0n) is 14.0. The number of amides is 1. The maximum atomic E-state index is 12.9. The van der Waals surface area contributed by atoms with Gasteiger partial charge in [-0.1, -0.05) is 0 Å². The first-order chi connectivity index (χ1) is 10.9. The fraction of sp³-hybridized carbons (Fsp3) is 0.500. The van der Waals surface area contributed by atoms with E-state index in [1.54, 1.807) is 12.3 Å². The molecule has 1 aromatic carbocycles. The molecule has 0 radical (unpaired) electrons. The van der Waals surface area contributed by atoms with E-state index in [0.29, 0.717) is 30.0 Å². The van der Waals surface area contributed by atoms with Crippen LogP contribution in [-0.2, 0) is 4.74 Å². The molecule has 5 heteroatoms. The average Bonchev–Trinajstić information content (AvgIpc) is 2.93. The highest BCUT2D eigenvalue weighted by Crippen LogP contribution is 2.30. The lowest BCUT2D eigenvalue weighted by molar-refractivity contribution is -0.0586. The van der Waals surface area contributed by atoms with Crippen molar-refractivity contribution < 1.29 is 18.7 Å². The number of furan rings is 1. The molecule has 0 bridgehead atoms. The van der Waals surface area contributed by atoms with Crippen LogP contribution < -0.4 is 4.74 Å². The van der Waals surface area contributed by atoms with Gasteiger partial charge >= 0.3 is 0 Å². The summed E-state index contributed by atoms with van der Waals surface area (Å²) in [6.45, 7) is 9.09. The number of fused-ring (bicyclic) bond motifs is 1. The van der Waals surface area contributed by atoms with Gasteiger partial charge in [0.15, 0.2) is 0 Å². The lowest BCUT2D eigenvalue weighted by atomic mass is 10.1. The largest absolute Gasteiger partial charge is 0.490 e. The number of benzene rings is 1. The van der Waals surface area contributed by atoms with E-state index < -0.39 is 0 Å². The van der Waals surface area contributed by atoms with Gasteiger partial charge in [-0.3, -0.25) is 4.79 Å². The molecule has 3 rings (SSSR count). The molecule has 1 aromatic heterocycles. The summed E-state index contributed by atoms with van der Waals surface area (Å²) in [4.78, 5) is 14.7. The van der Waals surface area contributed by atoms with Gasteiger partial charge in [0, 0.05) is 18.7 Å². The summed E-state index contributed by atoms with van der Waals surface area (Å²) in [6, 6.07) is 5.46. The van der Waals surface area contributed by atoms with Gasteiger partial charge in [0.25, 0.3) is 5.91 Å². The Hall–Kier alpha value is -2.01. The third-order valence-electron chi connectivity index (χ3n) is 3.85. The van der Waals surface area contributed by atoms with Crippen LogP contribution in [0.4, 0.5) is 0 Å². The molecule has 0 saturated carbocycles. The standard InChI is InChI=1S/C18H23NO4/c1-11(2)22-17-8-14(7-16-15(17)5-6-21-16)18(20)19-9-12(3)23-13(4)10-19/h5-8,11-13H,9-10H2,1-4H3/t12-,13-/m0/s1. The summed E-state index contributed by atoms with van der Waals surface area (Å²) >= 11 is 0. The van der Waals surface area contributed by atoms with Gasteiger partial charge < -0.3 is 18.8 Å². The fourth-order valence-corrected chi connectivity index (χ4v) is 3.04. The summed E-state index contributed by atoms with van der Waals surface area (Å²) < 4.78 is 17.0. The van der Waals surface area contributed by atoms with Crippen molar-refractivity contribution in [3.63, 3.8) is 0 Å². The Balaban J connectivity index is 1.93. The smallest absolute Gasteiger partial charge is 0.254 e. The first-order valence-electron chi connectivity index (χ1n) is 8.06. The molecule has 0 aliphatic carbocycles. The molecule has 1 aliphatic heterocycles. The Kier molecular flexibility index (Phi) is 4.31. The summed E-state index contributed by atoms with van der Waals surface area (Å²) in [6.07, 6.45) is 1.73. The van der Waals surface area contributed by atoms with Crippen molar-refractivity contribution in [2.24, 2.45) is 0 Å². The van der Waals surface area contributed by atoms with E-state index in [-0.39, 0.29) is 24.2 Å². The van der Waals surface area contributed by atoms with Gasteiger partial charge in [0.2, 0.25) is 0 Å². The van der Waals surface area contributed by atoms with Crippen LogP contribution in [0.15, 0.2) is 28.9 Å². The Bertz CT molecular complexity index is 696. The van der Waals surface area contributed by atoms with Crippen molar-refractivity contribution in [1.82, 2.24) is 4.90 Å². The highest BCUT2D eigenvalue weighted by atomic mass is 16.5. The second-order valence-electron chi connectivity index (χ2n) is 6.44. The van der Waals surface area contributed by atoms with Crippen molar-refractivity contribution in [2.75, 3.05) is 13.1 Å². The van der Waals surface area contributed by atoms with Gasteiger partial charge in [-0.05, 0) is 45.9 Å². The first kappa shape index (κ1) is 15.9. The predicted octanol–water partition coefficient (Wildman–Crippen LogP) is 3.47. The molecule has 2 aromatic rings. The molecule has 1 aliphatic rings. The quantitative estimate of drug-likeness (QED) is 0.870. The van der Waals surface area contributed by atoms with Crippen LogP contribution in [0.5, 0.6) is 5.75 Å². The summed E-state index contributed by atoms with van der Waals surface area (Å²) in [5, 5.41) is 0.888. The molecule has 0 unspecified atom stereocenters. The Labute approximate surface area is 136 Å². The van der Waals surface area contributed by atoms with E-state index >= 15 is 0 Å². The molecule has 1 saturated heterocycles. The van der Waals surface area contributed by atoms with Crippen LogP contribution in [0.2, 0.25) is 0 Å². The molecule has 23 heavy (non-hydrogen) atoms. The molecule has 0 N–H and O–H groups in total. The summed E-state index contributed by atoms with van der Waals surface area (Å²) in [5.74, 6) is 0.669. The van der Waals surface area contributed by atoms with Crippen LogP contribution in [0.3, 0.4) is 0 Å². The highest BCUT2D eigenvalue weighted by Gasteiger charge is 2.27. The van der Waals surface area contributed by atoms with Gasteiger partial charge in [0.05, 0.1) is 30.0 Å². The van der Waals surface area contributed by atoms with Gasteiger partial charge in [0.1, 0.15) is 11.3 Å². The molecule has 1 fully saturated rings. The number of carbonyl (C=O) groups excluding carboxylic acids is 1. The maximum Gasteiger partial charge on any atom is 0.254 e. The molecule has 2 atom stereocenters. The van der Waals surface area contributed by atoms with E-state index in [4.69, 9.17) is 13.9 Å². The third kappa shape index (κ3) is 3.34. The zero-order valence-corrected chi connectivity index (χ0v) is 14.0. The average molecular weight is 317 g/mol. The lowest BCUT2D eigenvalue weighted by Crippen LogP contribution is -2.48. The monoisotopic (exact) mass is 317 g/mol. The Morgan fingerprint density at radius 2 is 1.96 bits per heavy atom. The maximum absolute atomic E-state index is 12.9. The second-order valence-corrected chi connectivity index (χ2v) is 6.44. The summed E-state index contributed by atoms with van der Waals surface area (Å²) in [5.41, 5.74) is 1.25. The topological polar surface area (TPSA) is 51.9 Å². The van der Waals surface area contributed by atoms with Crippen LogP contribution in [0, 0.1) is 0 Å². The summed E-state index contributed by atoms with van der Waals surface area (Å²) in [7, 11) is 0. The zero-order chi connectivity index (χ0) is 16.6. The molecule has 124 valence electrons. The highest BCUT2D eigenvalue weighted by molar-refractivity contribution is 5.99. The first-order valence-corrected chi connectivity index (χ1v) is 8.06. The number of nitrogens with zero attached hydrogens (tertiary/aromatic N) is 1. The number of hydrogen-bond acceptors (Lipinski definition) is 4. The number of ether oxygens (including phenoxy) is 2. The van der Waals surface area contributed by atoms with Crippen molar-refractivity contribution in [3.8, 4) is 5.75 Å². The molecule has 1 amide bonds. The third-order valence-corrected chi connectivity index (χ3v) is 3.85. The van der Waals surface area contributed by atoms with Crippen molar-refractivity contribution in [3.05, 3.63) is 30.0 Å². The molecule has 0 spiro atoms. The van der Waals surface area contributed by atoms with Crippen molar-refractivity contribution in [1.29, 1.82) is 0 Å². The minimum absolute atomic E-state index is 0.0149. The molecular weight excluding hydrogens is 294 g/mol. The van der Waals surface area contributed by atoms with Crippen LogP contribution >= 0.6 is 0 Å². The van der Waals surface area contributed by atoms with Crippen LogP contribution in [0.25, 0.3) is 11.0 Å². The molecule has 5 nitrogen and oxygen atoms in total. The van der Waals surface area contributed by atoms with E-state index in [2.05, 4.69) is 0 Å². The van der Waals surface area contributed by atoms with Gasteiger partial charge in [-0.2, -0.15) is 0 Å². The van der Waals surface area contributed by atoms with Crippen molar-refractivity contribution in [2.45, 2.75) is 46.0 Å². The number of hydrogen-bond donors (Lipinski definition) is 0. The Morgan fingerprint density at radius 1 is 1.26 bits per heavy atom. The molecular formula is C18H23NO4. The number of carbonyl (C=O) groups is 1. The van der Waals surface area contributed by atoms with Crippen LogP contribution in [-0.4, -0.2) is 42.2 Å². The minimum atomic E-state index is -0.0149. The predicted molar refractivity (Wildman–Crippen MR) is 87.9 cm³/mol. The lowest BCUT2D eigenvalue weighted by Gasteiger charge is -2.35. The Morgan fingerprint density at radius 3 is 2.61 bits per heavy atom. The van der Waals surface area contributed by atoms with Gasteiger partial charge in [-0.15, -0.1) is 0 Å². The van der Waals surface area contributed by atoms with Gasteiger partial charge in [-0.25, -0.2) is 0 Å². The number of rotatable bonds is 3. The number of morpholine rings is 1. The van der Waals surface area contributed by atoms with E-state index in [1.165, 1.54) is 0 Å². The van der Waals surface area contributed by atoms with Crippen LogP contribution in [0.1, 0.15) is 38.1 Å².